The fraction of sp³-hybridized carbons (Fsp3) is 0.450. The molecule has 1 saturated carbocycles. The third-order valence-electron chi connectivity index (χ3n) is 5.66. The van der Waals surface area contributed by atoms with E-state index in [0.29, 0.717) is 17.8 Å². The van der Waals surface area contributed by atoms with Crippen molar-refractivity contribution in [1.82, 2.24) is 14.9 Å². The van der Waals surface area contributed by atoms with Crippen LogP contribution in [0.1, 0.15) is 34.5 Å². The van der Waals surface area contributed by atoms with Gasteiger partial charge in [0.2, 0.25) is 0 Å². The average molecular weight is 321 g/mol. The second-order valence-electron chi connectivity index (χ2n) is 7.24. The van der Waals surface area contributed by atoms with Crippen molar-refractivity contribution in [2.75, 3.05) is 13.1 Å². The minimum atomic E-state index is 0.152. The lowest BCUT2D eigenvalue weighted by molar-refractivity contribution is 0.0776. The molecule has 2 aromatic rings. The molecule has 1 aliphatic heterocycles. The van der Waals surface area contributed by atoms with Gasteiger partial charge in [-0.2, -0.15) is 0 Å². The standard InChI is InChI=1S/C20H23N3O/c1-14-2-5-18(22-11-14)10-16-3-4-17-12-23(13-19(16)17)20(24)15-6-8-21-9-7-15/h2,5-9,11,16-17,19H,3-4,10,12-13H2,1H3/t16-,17-,19-/m1/s1. The Bertz CT molecular complexity index is 713. The smallest absolute Gasteiger partial charge is 0.253 e. The Labute approximate surface area is 142 Å². The van der Waals surface area contributed by atoms with E-state index < -0.39 is 0 Å². The summed E-state index contributed by atoms with van der Waals surface area (Å²) in [6.45, 7) is 3.87. The molecule has 0 unspecified atom stereocenters. The van der Waals surface area contributed by atoms with Crippen LogP contribution in [0.25, 0.3) is 0 Å². The van der Waals surface area contributed by atoms with E-state index in [1.54, 1.807) is 12.4 Å². The summed E-state index contributed by atoms with van der Waals surface area (Å²) in [6, 6.07) is 7.91. The maximum absolute atomic E-state index is 12.7. The fourth-order valence-electron chi connectivity index (χ4n) is 4.36. The zero-order valence-electron chi connectivity index (χ0n) is 14.1. The van der Waals surface area contributed by atoms with Crippen LogP contribution in [0.4, 0.5) is 0 Å². The van der Waals surface area contributed by atoms with Gasteiger partial charge in [0.25, 0.3) is 5.91 Å². The molecule has 1 saturated heterocycles. The molecule has 2 fully saturated rings. The van der Waals surface area contributed by atoms with Gasteiger partial charge >= 0.3 is 0 Å². The highest BCUT2D eigenvalue weighted by Gasteiger charge is 2.43. The second kappa shape index (κ2) is 6.34. The summed E-state index contributed by atoms with van der Waals surface area (Å²) in [5, 5.41) is 0. The molecule has 1 amide bonds. The Morgan fingerprint density at radius 3 is 2.75 bits per heavy atom. The number of aryl methyl sites for hydroxylation is 1. The van der Waals surface area contributed by atoms with Gasteiger partial charge in [0.1, 0.15) is 0 Å². The number of rotatable bonds is 3. The number of carbonyl (C=O) groups is 1. The quantitative estimate of drug-likeness (QED) is 0.872. The topological polar surface area (TPSA) is 46.1 Å². The van der Waals surface area contributed by atoms with Crippen molar-refractivity contribution in [3.05, 3.63) is 59.7 Å². The minimum Gasteiger partial charge on any atom is -0.338 e. The van der Waals surface area contributed by atoms with Crippen molar-refractivity contribution >= 4 is 5.91 Å². The normalized spacial score (nSPS) is 25.7. The Balaban J connectivity index is 1.43. The van der Waals surface area contributed by atoms with Crippen molar-refractivity contribution < 1.29 is 4.79 Å². The Morgan fingerprint density at radius 2 is 2.00 bits per heavy atom. The van der Waals surface area contributed by atoms with Gasteiger partial charge in [0.15, 0.2) is 0 Å². The van der Waals surface area contributed by atoms with E-state index in [9.17, 15) is 4.79 Å². The number of hydrogen-bond donors (Lipinski definition) is 0. The first-order valence-corrected chi connectivity index (χ1v) is 8.81. The van der Waals surface area contributed by atoms with Gasteiger partial charge in [-0.1, -0.05) is 6.07 Å². The molecule has 0 radical (unpaired) electrons. The molecular formula is C20H23N3O. The first kappa shape index (κ1) is 15.3. The number of pyridine rings is 2. The van der Waals surface area contributed by atoms with Crippen molar-refractivity contribution in [1.29, 1.82) is 0 Å². The second-order valence-corrected chi connectivity index (χ2v) is 7.24. The molecular weight excluding hydrogens is 298 g/mol. The molecule has 0 bridgehead atoms. The molecule has 4 rings (SSSR count). The molecule has 3 atom stereocenters. The van der Waals surface area contributed by atoms with Gasteiger partial charge in [-0.3, -0.25) is 14.8 Å². The number of likely N-dealkylation sites (tertiary alicyclic amines) is 1. The number of amides is 1. The molecule has 3 heterocycles. The van der Waals surface area contributed by atoms with E-state index in [0.717, 1.165) is 25.1 Å². The summed E-state index contributed by atoms with van der Waals surface area (Å²) in [7, 11) is 0. The summed E-state index contributed by atoms with van der Waals surface area (Å²) in [6.07, 6.45) is 8.88. The first-order chi connectivity index (χ1) is 11.7. The van der Waals surface area contributed by atoms with E-state index in [-0.39, 0.29) is 5.91 Å². The average Bonchev–Trinajstić information content (AvgIpc) is 3.19. The van der Waals surface area contributed by atoms with Crippen LogP contribution in [-0.2, 0) is 6.42 Å². The maximum atomic E-state index is 12.7. The highest BCUT2D eigenvalue weighted by atomic mass is 16.2. The monoisotopic (exact) mass is 321 g/mol. The van der Waals surface area contributed by atoms with Crippen molar-refractivity contribution in [2.24, 2.45) is 17.8 Å². The van der Waals surface area contributed by atoms with Gasteiger partial charge in [0, 0.05) is 42.9 Å². The van der Waals surface area contributed by atoms with E-state index in [2.05, 4.69) is 29.0 Å². The number of hydrogen-bond acceptors (Lipinski definition) is 3. The van der Waals surface area contributed by atoms with Gasteiger partial charge < -0.3 is 4.90 Å². The molecule has 24 heavy (non-hydrogen) atoms. The van der Waals surface area contributed by atoms with Crippen LogP contribution < -0.4 is 0 Å². The third-order valence-corrected chi connectivity index (χ3v) is 5.66. The molecule has 2 aromatic heterocycles. The van der Waals surface area contributed by atoms with Crippen molar-refractivity contribution in [3.63, 3.8) is 0 Å². The predicted octanol–water partition coefficient (Wildman–Crippen LogP) is 3.13. The molecule has 4 nitrogen and oxygen atoms in total. The van der Waals surface area contributed by atoms with Gasteiger partial charge in [-0.05, 0) is 67.7 Å². The van der Waals surface area contributed by atoms with E-state index in [1.807, 2.05) is 23.2 Å². The summed E-state index contributed by atoms with van der Waals surface area (Å²) in [5.41, 5.74) is 3.14. The summed E-state index contributed by atoms with van der Waals surface area (Å²) in [5.74, 6) is 2.09. The lowest BCUT2D eigenvalue weighted by Gasteiger charge is -2.20. The number of carbonyl (C=O) groups excluding carboxylic acids is 1. The van der Waals surface area contributed by atoms with Crippen LogP contribution in [-0.4, -0.2) is 33.9 Å². The van der Waals surface area contributed by atoms with E-state index >= 15 is 0 Å². The van der Waals surface area contributed by atoms with Crippen LogP contribution in [0.3, 0.4) is 0 Å². The maximum Gasteiger partial charge on any atom is 0.253 e. The summed E-state index contributed by atoms with van der Waals surface area (Å²) < 4.78 is 0. The zero-order valence-corrected chi connectivity index (χ0v) is 14.1. The molecule has 0 spiro atoms. The summed E-state index contributed by atoms with van der Waals surface area (Å²) >= 11 is 0. The van der Waals surface area contributed by atoms with Crippen molar-refractivity contribution in [3.8, 4) is 0 Å². The Hall–Kier alpha value is -2.23. The molecule has 4 heteroatoms. The fourth-order valence-corrected chi connectivity index (χ4v) is 4.36. The molecule has 0 N–H and O–H groups in total. The molecule has 124 valence electrons. The van der Waals surface area contributed by atoms with E-state index in [4.69, 9.17) is 0 Å². The highest BCUT2D eigenvalue weighted by Crippen LogP contribution is 2.43. The Kier molecular flexibility index (Phi) is 4.05. The number of aromatic nitrogens is 2. The van der Waals surface area contributed by atoms with Crippen LogP contribution in [0.15, 0.2) is 42.9 Å². The SMILES string of the molecule is Cc1ccc(C[C@H]2CC[C@@H]3CN(C(=O)c4ccncc4)C[C@H]23)nc1. The Morgan fingerprint density at radius 1 is 1.17 bits per heavy atom. The van der Waals surface area contributed by atoms with Crippen LogP contribution in [0, 0.1) is 24.7 Å². The van der Waals surface area contributed by atoms with Crippen LogP contribution >= 0.6 is 0 Å². The summed E-state index contributed by atoms with van der Waals surface area (Å²) in [4.78, 5) is 23.3. The largest absolute Gasteiger partial charge is 0.338 e. The molecule has 2 aliphatic rings. The predicted molar refractivity (Wildman–Crippen MR) is 92.5 cm³/mol. The minimum absolute atomic E-state index is 0.152. The first-order valence-electron chi connectivity index (χ1n) is 8.81. The van der Waals surface area contributed by atoms with Gasteiger partial charge in [-0.15, -0.1) is 0 Å². The zero-order chi connectivity index (χ0) is 16.5. The lowest BCUT2D eigenvalue weighted by atomic mass is 9.89. The van der Waals surface area contributed by atoms with Crippen molar-refractivity contribution in [2.45, 2.75) is 26.2 Å². The van der Waals surface area contributed by atoms with Crippen LogP contribution in [0.5, 0.6) is 0 Å². The number of fused-ring (bicyclic) bond motifs is 1. The van der Waals surface area contributed by atoms with Crippen LogP contribution in [0.2, 0.25) is 0 Å². The molecule has 0 aromatic carbocycles. The third kappa shape index (κ3) is 2.93. The van der Waals surface area contributed by atoms with Gasteiger partial charge in [-0.25, -0.2) is 0 Å². The lowest BCUT2D eigenvalue weighted by Crippen LogP contribution is -2.30. The van der Waals surface area contributed by atoms with E-state index in [1.165, 1.54) is 24.1 Å². The molecule has 1 aliphatic carbocycles. The van der Waals surface area contributed by atoms with Gasteiger partial charge in [0.05, 0.1) is 0 Å². The number of nitrogens with zero attached hydrogens (tertiary/aromatic N) is 3. The highest BCUT2D eigenvalue weighted by molar-refractivity contribution is 5.94.